The van der Waals surface area contributed by atoms with Crippen molar-refractivity contribution in [3.05, 3.63) is 24.5 Å². The third-order valence-corrected chi connectivity index (χ3v) is 3.86. The average molecular weight is 307 g/mol. The maximum absolute atomic E-state index is 5.38. The lowest BCUT2D eigenvalue weighted by atomic mass is 10.8. The molecule has 3 heterocycles. The third kappa shape index (κ3) is 2.74. The molecule has 0 saturated heterocycles. The fraction of sp³-hybridized carbons (Fsp3) is 0.111. The Kier molecular flexibility index (Phi) is 3.54. The smallest absolute Gasteiger partial charge is 0.242 e. The van der Waals surface area contributed by atoms with Crippen LogP contribution in [0.2, 0.25) is 0 Å². The van der Waals surface area contributed by atoms with Crippen molar-refractivity contribution in [2.75, 3.05) is 5.43 Å². The summed E-state index contributed by atoms with van der Waals surface area (Å²) in [5.74, 6) is 6.79. The number of hydrazine groups is 1. The van der Waals surface area contributed by atoms with E-state index in [0.717, 1.165) is 10.2 Å². The average Bonchev–Trinajstić information content (AvgIpc) is 3.10. The van der Waals surface area contributed by atoms with Gasteiger partial charge >= 0.3 is 0 Å². The molecular formula is C9H9N9S2. The zero-order valence-electron chi connectivity index (χ0n) is 10.3. The minimum atomic E-state index is 0.271. The van der Waals surface area contributed by atoms with Gasteiger partial charge in [0.15, 0.2) is 4.34 Å². The molecule has 3 aromatic heterocycles. The summed E-state index contributed by atoms with van der Waals surface area (Å²) >= 11 is 2.59. The summed E-state index contributed by atoms with van der Waals surface area (Å²) in [5.41, 5.74) is 2.42. The lowest BCUT2D eigenvalue weighted by Gasteiger charge is -2.05. The highest BCUT2D eigenvalue weighted by Crippen LogP contribution is 2.26. The minimum Gasteiger partial charge on any atom is -0.292 e. The van der Waals surface area contributed by atoms with E-state index in [2.05, 4.69) is 34.7 Å². The van der Waals surface area contributed by atoms with Gasteiger partial charge in [0.25, 0.3) is 0 Å². The molecule has 0 aliphatic carbocycles. The summed E-state index contributed by atoms with van der Waals surface area (Å²) in [5, 5.41) is 0.479. The third-order valence-electron chi connectivity index (χ3n) is 2.16. The summed E-state index contributed by atoms with van der Waals surface area (Å²) in [6, 6.07) is 0. The van der Waals surface area contributed by atoms with Crippen molar-refractivity contribution in [1.29, 1.82) is 0 Å². The van der Waals surface area contributed by atoms with Gasteiger partial charge in [0.2, 0.25) is 17.1 Å². The van der Waals surface area contributed by atoms with Crippen molar-refractivity contribution in [1.82, 2.24) is 33.9 Å². The molecule has 0 aliphatic heterocycles. The van der Waals surface area contributed by atoms with Crippen molar-refractivity contribution in [2.45, 2.75) is 16.4 Å². The van der Waals surface area contributed by atoms with Crippen molar-refractivity contribution in [3.8, 4) is 5.95 Å². The van der Waals surface area contributed by atoms with E-state index in [1.807, 2.05) is 6.92 Å². The zero-order chi connectivity index (χ0) is 13.9. The second-order valence-corrected chi connectivity index (χ2v) is 5.53. The fourth-order valence-electron chi connectivity index (χ4n) is 1.35. The van der Waals surface area contributed by atoms with E-state index < -0.39 is 0 Å². The van der Waals surface area contributed by atoms with E-state index in [9.17, 15) is 0 Å². The van der Waals surface area contributed by atoms with Gasteiger partial charge in [0, 0.05) is 12.4 Å². The van der Waals surface area contributed by atoms with Gasteiger partial charge in [0.1, 0.15) is 12.2 Å². The number of nitrogens with zero attached hydrogens (tertiary/aromatic N) is 7. The number of imidazole rings is 1. The Balaban J connectivity index is 1.96. The molecule has 9 nitrogen and oxygen atoms in total. The normalized spacial score (nSPS) is 10.7. The number of nitrogen functional groups attached to an aromatic ring is 1. The van der Waals surface area contributed by atoms with Crippen LogP contribution < -0.4 is 11.3 Å². The highest BCUT2D eigenvalue weighted by Gasteiger charge is 2.11. The molecule has 0 saturated carbocycles. The fourth-order valence-corrected chi connectivity index (χ4v) is 2.85. The van der Waals surface area contributed by atoms with Crippen molar-refractivity contribution < 1.29 is 0 Å². The molecule has 0 amide bonds. The zero-order valence-corrected chi connectivity index (χ0v) is 11.9. The number of nitrogens with two attached hydrogens (primary N) is 1. The Morgan fingerprint density at radius 2 is 2.20 bits per heavy atom. The van der Waals surface area contributed by atoms with Crippen LogP contribution in [-0.2, 0) is 0 Å². The Morgan fingerprint density at radius 1 is 1.30 bits per heavy atom. The number of rotatable bonds is 4. The maximum atomic E-state index is 5.38. The van der Waals surface area contributed by atoms with E-state index in [1.54, 1.807) is 23.3 Å². The lowest BCUT2D eigenvalue weighted by molar-refractivity contribution is 0.824. The molecule has 0 atom stereocenters. The van der Waals surface area contributed by atoms with Gasteiger partial charge in [-0.25, -0.2) is 15.8 Å². The van der Waals surface area contributed by atoms with Gasteiger partial charge in [-0.1, -0.05) is 0 Å². The number of hydrogen-bond donors (Lipinski definition) is 2. The van der Waals surface area contributed by atoms with Crippen LogP contribution in [0.1, 0.15) is 5.82 Å². The minimum absolute atomic E-state index is 0.271. The second kappa shape index (κ2) is 5.48. The largest absolute Gasteiger partial charge is 0.292 e. The Labute approximate surface area is 121 Å². The number of hydrogen-bond acceptors (Lipinski definition) is 10. The van der Waals surface area contributed by atoms with Crippen LogP contribution in [0, 0.1) is 6.92 Å². The predicted molar refractivity (Wildman–Crippen MR) is 73.5 cm³/mol. The Hall–Kier alpha value is -2.11. The highest BCUT2D eigenvalue weighted by molar-refractivity contribution is 8.00. The molecule has 3 rings (SSSR count). The van der Waals surface area contributed by atoms with E-state index in [-0.39, 0.29) is 5.95 Å². The van der Waals surface area contributed by atoms with Gasteiger partial charge in [-0.3, -0.25) is 9.99 Å². The van der Waals surface area contributed by atoms with Crippen LogP contribution in [0.3, 0.4) is 0 Å². The van der Waals surface area contributed by atoms with Gasteiger partial charge in [0.05, 0.1) is 0 Å². The van der Waals surface area contributed by atoms with Crippen molar-refractivity contribution in [2.24, 2.45) is 5.84 Å². The molecule has 102 valence electrons. The van der Waals surface area contributed by atoms with Crippen LogP contribution in [-0.4, -0.2) is 33.9 Å². The molecule has 0 aliphatic rings. The topological polar surface area (TPSA) is 120 Å². The molecule has 0 bridgehead atoms. The molecule has 20 heavy (non-hydrogen) atoms. The van der Waals surface area contributed by atoms with E-state index >= 15 is 0 Å². The molecule has 3 aromatic rings. The SMILES string of the molecule is Cc1nsc(Sc2nc(NN)nc(-n3ccnc3)n2)n1. The second-order valence-electron chi connectivity index (χ2n) is 3.57. The summed E-state index contributed by atoms with van der Waals surface area (Å²) in [7, 11) is 0. The number of aryl methyl sites for hydroxylation is 1. The van der Waals surface area contributed by atoms with E-state index in [4.69, 9.17) is 5.84 Å². The van der Waals surface area contributed by atoms with Gasteiger partial charge in [-0.15, -0.1) is 0 Å². The summed E-state index contributed by atoms with van der Waals surface area (Å²) < 4.78 is 6.53. The monoisotopic (exact) mass is 307 g/mol. The van der Waals surface area contributed by atoms with Gasteiger partial charge in [-0.2, -0.15) is 19.3 Å². The Bertz CT molecular complexity index is 708. The van der Waals surface area contributed by atoms with Gasteiger partial charge in [-0.05, 0) is 30.2 Å². The summed E-state index contributed by atoms with van der Waals surface area (Å²) in [4.78, 5) is 20.9. The number of aromatic nitrogens is 7. The van der Waals surface area contributed by atoms with Crippen LogP contribution >= 0.6 is 23.3 Å². The van der Waals surface area contributed by atoms with E-state index in [1.165, 1.54) is 23.3 Å². The van der Waals surface area contributed by atoms with Crippen molar-refractivity contribution in [3.63, 3.8) is 0 Å². The standard InChI is InChI=1S/C9H9N9S2/c1-5-12-9(20-17-5)19-8-14-6(16-10)13-7(15-8)18-3-2-11-4-18/h2-4H,10H2,1H3,(H,13,14,15,16). The number of nitrogens with one attached hydrogen (secondary N) is 1. The molecule has 0 fully saturated rings. The Morgan fingerprint density at radius 3 is 2.85 bits per heavy atom. The number of anilines is 1. The van der Waals surface area contributed by atoms with Crippen LogP contribution in [0.15, 0.2) is 28.2 Å². The quantitative estimate of drug-likeness (QED) is 0.528. The van der Waals surface area contributed by atoms with Crippen LogP contribution in [0.5, 0.6) is 0 Å². The summed E-state index contributed by atoms with van der Waals surface area (Å²) in [6.07, 6.45) is 4.97. The molecule has 0 aromatic carbocycles. The first-order valence-corrected chi connectivity index (χ1v) is 7.03. The summed E-state index contributed by atoms with van der Waals surface area (Å²) in [6.45, 7) is 1.83. The molecule has 0 radical (unpaired) electrons. The van der Waals surface area contributed by atoms with E-state index in [0.29, 0.717) is 11.1 Å². The first-order valence-electron chi connectivity index (χ1n) is 5.44. The first kappa shape index (κ1) is 12.9. The maximum Gasteiger partial charge on any atom is 0.242 e. The molecule has 0 unspecified atom stereocenters. The molecule has 11 heteroatoms. The molecule has 0 spiro atoms. The highest BCUT2D eigenvalue weighted by atomic mass is 32.2. The van der Waals surface area contributed by atoms with Crippen LogP contribution in [0.25, 0.3) is 5.95 Å². The molecule has 3 N–H and O–H groups in total. The first-order chi connectivity index (χ1) is 9.74. The molecular weight excluding hydrogens is 298 g/mol. The van der Waals surface area contributed by atoms with Crippen LogP contribution in [0.4, 0.5) is 5.95 Å². The predicted octanol–water partition coefficient (Wildman–Crippen LogP) is 0.654. The van der Waals surface area contributed by atoms with Crippen molar-refractivity contribution >= 4 is 29.2 Å². The lowest BCUT2D eigenvalue weighted by Crippen LogP contribution is -2.13. The van der Waals surface area contributed by atoms with Gasteiger partial charge < -0.3 is 0 Å².